The van der Waals surface area contributed by atoms with Gasteiger partial charge in [0.15, 0.2) is 0 Å². The number of benzene rings is 1. The molecule has 1 aromatic rings. The summed E-state index contributed by atoms with van der Waals surface area (Å²) < 4.78 is 11.8. The Kier molecular flexibility index (Phi) is 41.3. The predicted octanol–water partition coefficient (Wildman–Crippen LogP) is 20.7. The topological polar surface area (TPSA) is 52.6 Å². The molecule has 0 aromatic heterocycles. The molecule has 4 heteroatoms. The molecule has 0 bridgehead atoms. The molecular formula is C62H106O4. The molecule has 0 amide bonds. The maximum atomic E-state index is 13.1. The van der Waals surface area contributed by atoms with E-state index in [0.29, 0.717) is 30.8 Å². The number of rotatable bonds is 45. The zero-order chi connectivity index (χ0) is 48.1. The van der Waals surface area contributed by atoms with Crippen molar-refractivity contribution in [3.8, 4) is 11.5 Å². The molecule has 66 heavy (non-hydrogen) atoms. The SMILES string of the molecule is CCCCCCCCCCCCCCCCCC(=O)Oc1ccc(OC(=O)CCCCCCCCCCCCCCCCC)c(C/C=C(\C)CC/C=C(\C)CC/C=C(\C)CCC=C(C)C)c1. The van der Waals surface area contributed by atoms with E-state index in [1.807, 2.05) is 12.1 Å². The maximum Gasteiger partial charge on any atom is 0.311 e. The van der Waals surface area contributed by atoms with E-state index in [4.69, 9.17) is 9.47 Å². The zero-order valence-corrected chi connectivity index (χ0v) is 44.8. The average Bonchev–Trinajstić information content (AvgIpc) is 3.28. The first-order chi connectivity index (χ1) is 32.1. The first-order valence-corrected chi connectivity index (χ1v) is 28.3. The number of ether oxygens (including phenoxy) is 2. The van der Waals surface area contributed by atoms with E-state index in [1.165, 1.54) is 189 Å². The summed E-state index contributed by atoms with van der Waals surface area (Å²) in [6, 6.07) is 5.51. The second-order valence-electron chi connectivity index (χ2n) is 20.4. The summed E-state index contributed by atoms with van der Waals surface area (Å²) in [4.78, 5) is 26.0. The Morgan fingerprint density at radius 1 is 0.394 bits per heavy atom. The van der Waals surface area contributed by atoms with Crippen LogP contribution in [0.3, 0.4) is 0 Å². The lowest BCUT2D eigenvalue weighted by atomic mass is 10.0. The van der Waals surface area contributed by atoms with Crippen molar-refractivity contribution in [1.29, 1.82) is 0 Å². The predicted molar refractivity (Wildman–Crippen MR) is 289 cm³/mol. The van der Waals surface area contributed by atoms with Gasteiger partial charge in [-0.3, -0.25) is 9.59 Å². The molecule has 1 aromatic carbocycles. The highest BCUT2D eigenvalue weighted by Gasteiger charge is 2.13. The third kappa shape index (κ3) is 39.1. The maximum absolute atomic E-state index is 13.1. The van der Waals surface area contributed by atoms with Gasteiger partial charge in [0.05, 0.1) is 0 Å². The van der Waals surface area contributed by atoms with Gasteiger partial charge in [0, 0.05) is 18.4 Å². The smallest absolute Gasteiger partial charge is 0.311 e. The molecule has 0 aliphatic carbocycles. The summed E-state index contributed by atoms with van der Waals surface area (Å²) >= 11 is 0. The van der Waals surface area contributed by atoms with E-state index >= 15 is 0 Å². The highest BCUT2D eigenvalue weighted by Crippen LogP contribution is 2.28. The molecule has 0 heterocycles. The van der Waals surface area contributed by atoms with Crippen molar-refractivity contribution in [2.45, 2.75) is 299 Å². The summed E-state index contributed by atoms with van der Waals surface area (Å²) in [6.07, 6.45) is 56.3. The van der Waals surface area contributed by atoms with E-state index in [2.05, 4.69) is 72.8 Å². The highest BCUT2D eigenvalue weighted by molar-refractivity contribution is 5.74. The first-order valence-electron chi connectivity index (χ1n) is 28.3. The second kappa shape index (κ2) is 44.6. The van der Waals surface area contributed by atoms with E-state index < -0.39 is 0 Å². The Morgan fingerprint density at radius 3 is 1.11 bits per heavy atom. The number of carbonyl (C=O) groups excluding carboxylic acids is 2. The van der Waals surface area contributed by atoms with Gasteiger partial charge >= 0.3 is 11.9 Å². The standard InChI is InChI=1S/C62H106O4/c1-8-10-12-14-16-18-20-22-24-26-28-30-32-34-36-47-61(63)65-59-51-52-60(66-62(64)48-37-35-33-31-29-27-25-23-21-19-17-15-13-11-9-2)58(53-59)50-49-57(7)46-40-45-56(6)44-39-43-55(5)42-38-41-54(3)4/h41,43,45,49,51-53H,8-40,42,44,46-48,50H2,1-7H3/b55-43+,56-45+,57-49+. The quantitative estimate of drug-likeness (QED) is 0.0283. The molecule has 0 fully saturated rings. The van der Waals surface area contributed by atoms with Gasteiger partial charge in [-0.1, -0.05) is 240 Å². The van der Waals surface area contributed by atoms with Crippen molar-refractivity contribution in [3.63, 3.8) is 0 Å². The van der Waals surface area contributed by atoms with Crippen LogP contribution in [0.4, 0.5) is 0 Å². The van der Waals surface area contributed by atoms with Crippen LogP contribution < -0.4 is 9.47 Å². The largest absolute Gasteiger partial charge is 0.427 e. The van der Waals surface area contributed by atoms with Crippen LogP contribution >= 0.6 is 0 Å². The molecule has 0 saturated carbocycles. The summed E-state index contributed by atoms with van der Waals surface area (Å²) in [5.74, 6) is 0.746. The van der Waals surface area contributed by atoms with Gasteiger partial charge in [0.25, 0.3) is 0 Å². The van der Waals surface area contributed by atoms with Crippen LogP contribution in [0.15, 0.2) is 64.8 Å². The second-order valence-corrected chi connectivity index (χ2v) is 20.4. The number of allylic oxidation sites excluding steroid dienone is 8. The van der Waals surface area contributed by atoms with Gasteiger partial charge in [0.2, 0.25) is 0 Å². The molecule has 378 valence electrons. The zero-order valence-electron chi connectivity index (χ0n) is 44.8. The third-order valence-electron chi connectivity index (χ3n) is 13.3. The number of hydrogen-bond donors (Lipinski definition) is 0. The highest BCUT2D eigenvalue weighted by atomic mass is 16.5. The minimum absolute atomic E-state index is 0.178. The van der Waals surface area contributed by atoms with Gasteiger partial charge in [-0.15, -0.1) is 0 Å². The Balaban J connectivity index is 2.59. The summed E-state index contributed by atoms with van der Waals surface area (Å²) in [5.41, 5.74) is 6.51. The van der Waals surface area contributed by atoms with Crippen LogP contribution in [0.1, 0.15) is 298 Å². The minimum atomic E-state index is -0.184. The lowest BCUT2D eigenvalue weighted by molar-refractivity contribution is -0.135. The number of esters is 2. The molecule has 0 aliphatic rings. The number of unbranched alkanes of at least 4 members (excludes halogenated alkanes) is 28. The van der Waals surface area contributed by atoms with E-state index in [-0.39, 0.29) is 11.9 Å². The number of carbonyl (C=O) groups is 2. The molecule has 0 N–H and O–H groups in total. The Labute approximate surface area is 410 Å². The lowest BCUT2D eigenvalue weighted by Gasteiger charge is -2.12. The van der Waals surface area contributed by atoms with Crippen LogP contribution in [-0.2, 0) is 16.0 Å². The van der Waals surface area contributed by atoms with E-state index in [1.54, 1.807) is 6.07 Å². The molecule has 0 aliphatic heterocycles. The Bertz CT molecular complexity index is 1460. The van der Waals surface area contributed by atoms with Crippen LogP contribution in [0, 0.1) is 0 Å². The summed E-state index contributed by atoms with van der Waals surface area (Å²) in [7, 11) is 0. The fourth-order valence-corrected chi connectivity index (χ4v) is 8.79. The average molecular weight is 916 g/mol. The van der Waals surface area contributed by atoms with Crippen LogP contribution in [0.5, 0.6) is 11.5 Å². The minimum Gasteiger partial charge on any atom is -0.427 e. The molecule has 0 unspecified atom stereocenters. The Hall–Kier alpha value is -2.88. The normalized spacial score (nSPS) is 12.2. The van der Waals surface area contributed by atoms with Crippen LogP contribution in [0.25, 0.3) is 0 Å². The van der Waals surface area contributed by atoms with E-state index in [9.17, 15) is 9.59 Å². The summed E-state index contributed by atoms with van der Waals surface area (Å²) in [5, 5.41) is 0. The number of hydrogen-bond acceptors (Lipinski definition) is 4. The van der Waals surface area contributed by atoms with Crippen molar-refractivity contribution in [2.75, 3.05) is 0 Å². The van der Waals surface area contributed by atoms with Crippen molar-refractivity contribution in [1.82, 2.24) is 0 Å². The van der Waals surface area contributed by atoms with Gasteiger partial charge in [-0.25, -0.2) is 0 Å². The molecule has 0 radical (unpaired) electrons. The van der Waals surface area contributed by atoms with Crippen molar-refractivity contribution in [3.05, 3.63) is 70.4 Å². The van der Waals surface area contributed by atoms with Crippen LogP contribution in [-0.4, -0.2) is 11.9 Å². The molecule has 0 spiro atoms. The van der Waals surface area contributed by atoms with E-state index in [0.717, 1.165) is 69.8 Å². The molecule has 0 atom stereocenters. The van der Waals surface area contributed by atoms with Crippen molar-refractivity contribution >= 4 is 11.9 Å². The van der Waals surface area contributed by atoms with Gasteiger partial charge < -0.3 is 9.47 Å². The summed E-state index contributed by atoms with van der Waals surface area (Å²) in [6.45, 7) is 15.6. The van der Waals surface area contributed by atoms with Gasteiger partial charge in [0.1, 0.15) is 11.5 Å². The Morgan fingerprint density at radius 2 is 0.727 bits per heavy atom. The monoisotopic (exact) mass is 915 g/mol. The third-order valence-corrected chi connectivity index (χ3v) is 13.3. The van der Waals surface area contributed by atoms with Crippen molar-refractivity contribution in [2.24, 2.45) is 0 Å². The van der Waals surface area contributed by atoms with Crippen molar-refractivity contribution < 1.29 is 19.1 Å². The molecular weight excluding hydrogens is 809 g/mol. The van der Waals surface area contributed by atoms with Gasteiger partial charge in [-0.05, 0) is 111 Å². The molecule has 0 saturated heterocycles. The van der Waals surface area contributed by atoms with Crippen LogP contribution in [0.2, 0.25) is 0 Å². The lowest BCUT2D eigenvalue weighted by Crippen LogP contribution is -2.10. The van der Waals surface area contributed by atoms with Gasteiger partial charge in [-0.2, -0.15) is 0 Å². The molecule has 1 rings (SSSR count). The fraction of sp³-hybridized carbons (Fsp3) is 0.742. The fourth-order valence-electron chi connectivity index (χ4n) is 8.79. The first kappa shape index (κ1) is 61.1. The molecule has 4 nitrogen and oxygen atoms in total.